The molecule has 0 aliphatic heterocycles. The first-order chi connectivity index (χ1) is 9.97. The number of rotatable bonds is 7. The van der Waals surface area contributed by atoms with Gasteiger partial charge in [0, 0.05) is 0 Å². The number of carbonyl (C=O) groups excluding carboxylic acids is 2. The summed E-state index contributed by atoms with van der Waals surface area (Å²) < 4.78 is 9.27. The van der Waals surface area contributed by atoms with Crippen LogP contribution in [0.1, 0.15) is 30.6 Å². The first kappa shape index (κ1) is 17.1. The third-order valence-corrected chi connectivity index (χ3v) is 2.94. The van der Waals surface area contributed by atoms with Crippen molar-refractivity contribution in [1.82, 2.24) is 0 Å². The second kappa shape index (κ2) is 8.39. The van der Waals surface area contributed by atoms with Crippen LogP contribution in [0.3, 0.4) is 0 Å². The van der Waals surface area contributed by atoms with Crippen molar-refractivity contribution in [2.24, 2.45) is 0 Å². The second-order valence-electron chi connectivity index (χ2n) is 4.52. The van der Waals surface area contributed by atoms with Crippen LogP contribution in [0.25, 0.3) is 0 Å². The lowest BCUT2D eigenvalue weighted by Crippen LogP contribution is -2.22. The molecule has 1 rings (SSSR count). The van der Waals surface area contributed by atoms with Gasteiger partial charge < -0.3 is 19.7 Å². The van der Waals surface area contributed by atoms with Gasteiger partial charge in [0.05, 0.1) is 32.7 Å². The highest BCUT2D eigenvalue weighted by molar-refractivity contribution is 5.72. The molecule has 1 aromatic carbocycles. The van der Waals surface area contributed by atoms with Crippen LogP contribution in [0.4, 0.5) is 0 Å². The van der Waals surface area contributed by atoms with Gasteiger partial charge in [-0.2, -0.15) is 0 Å². The summed E-state index contributed by atoms with van der Waals surface area (Å²) in [7, 11) is 1.21. The zero-order chi connectivity index (χ0) is 15.8. The molecule has 0 aliphatic carbocycles. The molecule has 0 saturated carbocycles. The highest BCUT2D eigenvalue weighted by atomic mass is 16.5. The van der Waals surface area contributed by atoms with E-state index in [1.807, 2.05) is 0 Å². The zero-order valence-electron chi connectivity index (χ0n) is 12.1. The van der Waals surface area contributed by atoms with Gasteiger partial charge in [0.1, 0.15) is 6.10 Å². The molecule has 6 nitrogen and oxygen atoms in total. The minimum Gasteiger partial charge on any atom is -0.469 e. The fourth-order valence-corrected chi connectivity index (χ4v) is 1.80. The Kier molecular flexibility index (Phi) is 6.84. The average molecular weight is 296 g/mol. The summed E-state index contributed by atoms with van der Waals surface area (Å²) in [5.41, 5.74) is 1.20. The van der Waals surface area contributed by atoms with Gasteiger partial charge in [0.2, 0.25) is 0 Å². The van der Waals surface area contributed by atoms with Gasteiger partial charge in [0.25, 0.3) is 0 Å². The Bertz CT molecular complexity index is 468. The topological polar surface area (TPSA) is 93.1 Å². The smallest absolute Gasteiger partial charge is 0.310 e. The molecule has 6 heteroatoms. The molecule has 2 atom stereocenters. The predicted molar refractivity (Wildman–Crippen MR) is 74.4 cm³/mol. The summed E-state index contributed by atoms with van der Waals surface area (Å²) >= 11 is 0. The summed E-state index contributed by atoms with van der Waals surface area (Å²) in [6, 6.07) is 6.53. The molecule has 0 bridgehead atoms. The van der Waals surface area contributed by atoms with E-state index in [-0.39, 0.29) is 18.8 Å². The Morgan fingerprint density at radius 2 is 1.76 bits per heavy atom. The number of hydrogen-bond acceptors (Lipinski definition) is 6. The van der Waals surface area contributed by atoms with E-state index in [0.717, 1.165) is 5.56 Å². The molecule has 1 aromatic rings. The third-order valence-electron chi connectivity index (χ3n) is 2.94. The van der Waals surface area contributed by atoms with Gasteiger partial charge in [-0.1, -0.05) is 24.3 Å². The Morgan fingerprint density at radius 3 is 2.29 bits per heavy atom. The summed E-state index contributed by atoms with van der Waals surface area (Å²) in [5, 5.41) is 19.7. The number of aliphatic hydroxyl groups is 2. The Morgan fingerprint density at radius 1 is 1.14 bits per heavy atom. The summed E-state index contributed by atoms with van der Waals surface area (Å²) in [6.07, 6.45) is -2.58. The van der Waals surface area contributed by atoms with Crippen LogP contribution in [0.2, 0.25) is 0 Å². The second-order valence-corrected chi connectivity index (χ2v) is 4.52. The molecule has 0 spiro atoms. The van der Waals surface area contributed by atoms with Gasteiger partial charge in [-0.05, 0) is 18.1 Å². The molecule has 0 heterocycles. The van der Waals surface area contributed by atoms with Crippen LogP contribution in [0.5, 0.6) is 0 Å². The van der Waals surface area contributed by atoms with Crippen molar-refractivity contribution >= 4 is 11.9 Å². The number of carbonyl (C=O) groups is 2. The van der Waals surface area contributed by atoms with E-state index in [9.17, 15) is 19.8 Å². The van der Waals surface area contributed by atoms with Crippen LogP contribution in [0, 0.1) is 0 Å². The van der Waals surface area contributed by atoms with Crippen LogP contribution < -0.4 is 0 Å². The van der Waals surface area contributed by atoms with Crippen molar-refractivity contribution in [3.63, 3.8) is 0 Å². The minimum absolute atomic E-state index is 0.148. The Hall–Kier alpha value is -1.92. The summed E-state index contributed by atoms with van der Waals surface area (Å²) in [6.45, 7) is 2.06. The lowest BCUT2D eigenvalue weighted by molar-refractivity contribution is -0.145. The highest BCUT2D eigenvalue weighted by Gasteiger charge is 2.21. The van der Waals surface area contributed by atoms with E-state index >= 15 is 0 Å². The molecule has 0 aliphatic rings. The van der Waals surface area contributed by atoms with Gasteiger partial charge >= 0.3 is 11.9 Å². The van der Waals surface area contributed by atoms with Crippen molar-refractivity contribution in [3.8, 4) is 0 Å². The Balaban J connectivity index is 2.64. The van der Waals surface area contributed by atoms with Crippen molar-refractivity contribution in [1.29, 1.82) is 0 Å². The standard InChI is InChI=1S/C15H20O6/c1-3-21-14(18)8-10-4-6-11(7-5-10)15(19)12(16)9-13(17)20-2/h4-7,12,15-16,19H,3,8-9H2,1-2H3. The molecule has 0 saturated heterocycles. The fraction of sp³-hybridized carbons (Fsp3) is 0.467. The van der Waals surface area contributed by atoms with Crippen molar-refractivity contribution < 1.29 is 29.3 Å². The van der Waals surface area contributed by atoms with Crippen molar-refractivity contribution in [2.75, 3.05) is 13.7 Å². The van der Waals surface area contributed by atoms with E-state index < -0.39 is 18.2 Å². The maximum Gasteiger partial charge on any atom is 0.310 e. The normalized spacial score (nSPS) is 13.3. The first-order valence-electron chi connectivity index (χ1n) is 6.65. The number of esters is 2. The fourth-order valence-electron chi connectivity index (χ4n) is 1.80. The number of aliphatic hydroxyl groups excluding tert-OH is 2. The van der Waals surface area contributed by atoms with Crippen LogP contribution >= 0.6 is 0 Å². The lowest BCUT2D eigenvalue weighted by atomic mass is 10.00. The average Bonchev–Trinajstić information content (AvgIpc) is 2.47. The predicted octanol–water partition coefficient (Wildman–Crippen LogP) is 0.750. The number of methoxy groups -OCH3 is 1. The van der Waals surface area contributed by atoms with Crippen LogP contribution in [-0.4, -0.2) is 42.0 Å². The maximum absolute atomic E-state index is 11.3. The maximum atomic E-state index is 11.3. The monoisotopic (exact) mass is 296 g/mol. The molecule has 0 amide bonds. The molecular weight excluding hydrogens is 276 g/mol. The Labute approximate surface area is 123 Å². The number of hydrogen-bond donors (Lipinski definition) is 2. The van der Waals surface area contributed by atoms with Crippen LogP contribution in [-0.2, 0) is 25.5 Å². The number of benzene rings is 1. The zero-order valence-corrected chi connectivity index (χ0v) is 12.1. The highest BCUT2D eigenvalue weighted by Crippen LogP contribution is 2.20. The van der Waals surface area contributed by atoms with E-state index in [2.05, 4.69) is 4.74 Å². The molecule has 0 radical (unpaired) electrons. The molecule has 2 N–H and O–H groups in total. The van der Waals surface area contributed by atoms with Gasteiger partial charge in [-0.15, -0.1) is 0 Å². The molecule has 0 fully saturated rings. The quantitative estimate of drug-likeness (QED) is 0.721. The number of ether oxygens (including phenoxy) is 2. The summed E-state index contributed by atoms with van der Waals surface area (Å²) in [5.74, 6) is -0.919. The molecular formula is C15H20O6. The third kappa shape index (κ3) is 5.53. The lowest BCUT2D eigenvalue weighted by Gasteiger charge is -2.17. The van der Waals surface area contributed by atoms with E-state index in [4.69, 9.17) is 4.74 Å². The largest absolute Gasteiger partial charge is 0.469 e. The van der Waals surface area contributed by atoms with E-state index in [1.165, 1.54) is 7.11 Å². The SMILES string of the molecule is CCOC(=O)Cc1ccc(C(O)C(O)CC(=O)OC)cc1. The van der Waals surface area contributed by atoms with E-state index in [0.29, 0.717) is 12.2 Å². The van der Waals surface area contributed by atoms with E-state index in [1.54, 1.807) is 31.2 Å². The molecule has 0 aromatic heterocycles. The first-order valence-corrected chi connectivity index (χ1v) is 6.65. The van der Waals surface area contributed by atoms with Crippen molar-refractivity contribution in [2.45, 2.75) is 32.0 Å². The van der Waals surface area contributed by atoms with Crippen LogP contribution in [0.15, 0.2) is 24.3 Å². The van der Waals surface area contributed by atoms with Gasteiger partial charge in [-0.25, -0.2) is 0 Å². The van der Waals surface area contributed by atoms with Gasteiger partial charge in [0.15, 0.2) is 0 Å². The van der Waals surface area contributed by atoms with Gasteiger partial charge in [-0.3, -0.25) is 9.59 Å². The molecule has 2 unspecified atom stereocenters. The molecule has 116 valence electrons. The summed E-state index contributed by atoms with van der Waals surface area (Å²) in [4.78, 5) is 22.4. The van der Waals surface area contributed by atoms with Crippen molar-refractivity contribution in [3.05, 3.63) is 35.4 Å². The minimum atomic E-state index is -1.24. The molecule has 21 heavy (non-hydrogen) atoms.